The molecule has 3 heterocycles. The fraction of sp³-hybridized carbons (Fsp3) is 0.238. The molecule has 1 aromatic carbocycles. The summed E-state index contributed by atoms with van der Waals surface area (Å²) in [6.45, 7) is 1.14. The summed E-state index contributed by atoms with van der Waals surface area (Å²) in [6, 6.07) is 13.5. The van der Waals surface area contributed by atoms with E-state index in [9.17, 15) is 4.79 Å². The van der Waals surface area contributed by atoms with Crippen molar-refractivity contribution >= 4 is 5.91 Å². The number of nitriles is 1. The predicted molar refractivity (Wildman–Crippen MR) is 102 cm³/mol. The van der Waals surface area contributed by atoms with Crippen molar-refractivity contribution in [2.24, 2.45) is 0 Å². The minimum atomic E-state index is -0.208. The molecule has 0 radical (unpaired) electrons. The number of hydrogen-bond acceptors (Lipinski definition) is 5. The molecule has 1 aliphatic rings. The van der Waals surface area contributed by atoms with Gasteiger partial charge in [0.25, 0.3) is 11.8 Å². The van der Waals surface area contributed by atoms with E-state index in [4.69, 9.17) is 10.00 Å². The second kappa shape index (κ2) is 7.92. The summed E-state index contributed by atoms with van der Waals surface area (Å²) in [5.74, 6) is 0.201. The van der Waals surface area contributed by atoms with Crippen LogP contribution in [0.3, 0.4) is 0 Å². The van der Waals surface area contributed by atoms with Crippen LogP contribution in [0.15, 0.2) is 61.2 Å². The highest BCUT2D eigenvalue weighted by Gasteiger charge is 2.26. The normalized spacial score (nSPS) is 16.4. The van der Waals surface area contributed by atoms with Crippen LogP contribution < -0.4 is 4.74 Å². The van der Waals surface area contributed by atoms with Gasteiger partial charge in [0.15, 0.2) is 0 Å². The summed E-state index contributed by atoms with van der Waals surface area (Å²) in [4.78, 5) is 22.8. The number of carbonyl (C=O) groups is 1. The summed E-state index contributed by atoms with van der Waals surface area (Å²) in [5.41, 5.74) is 1.81. The Morgan fingerprint density at radius 2 is 1.89 bits per heavy atom. The number of rotatable bonds is 4. The van der Waals surface area contributed by atoms with Crippen molar-refractivity contribution in [2.75, 3.05) is 13.1 Å². The van der Waals surface area contributed by atoms with Crippen molar-refractivity contribution in [3.63, 3.8) is 0 Å². The number of carbonyl (C=O) groups excluding carboxylic acids is 1. The first-order chi connectivity index (χ1) is 13.7. The van der Waals surface area contributed by atoms with Gasteiger partial charge in [0.2, 0.25) is 5.69 Å². The summed E-state index contributed by atoms with van der Waals surface area (Å²) >= 11 is 0. The Morgan fingerprint density at radius 1 is 1.14 bits per heavy atom. The van der Waals surface area contributed by atoms with Crippen LogP contribution in [0, 0.1) is 11.3 Å². The highest BCUT2D eigenvalue weighted by Crippen LogP contribution is 2.20. The van der Waals surface area contributed by atoms with Crippen molar-refractivity contribution in [1.82, 2.24) is 19.4 Å². The van der Waals surface area contributed by atoms with Gasteiger partial charge < -0.3 is 14.2 Å². The van der Waals surface area contributed by atoms with Gasteiger partial charge in [-0.05, 0) is 49.2 Å². The molecule has 0 aliphatic carbocycles. The van der Waals surface area contributed by atoms with Crippen LogP contribution in [-0.4, -0.2) is 44.5 Å². The lowest BCUT2D eigenvalue weighted by atomic mass is 10.1. The molecule has 1 amide bonds. The Balaban J connectivity index is 1.44. The maximum Gasteiger partial charge on any atom is 0.253 e. The zero-order chi connectivity index (χ0) is 19.3. The van der Waals surface area contributed by atoms with E-state index in [1.54, 1.807) is 4.90 Å². The van der Waals surface area contributed by atoms with Gasteiger partial charge >= 0.3 is 0 Å². The van der Waals surface area contributed by atoms with E-state index in [1.165, 1.54) is 12.4 Å². The van der Waals surface area contributed by atoms with Crippen molar-refractivity contribution in [3.8, 4) is 17.6 Å². The predicted octanol–water partition coefficient (Wildman–Crippen LogP) is 2.82. The van der Waals surface area contributed by atoms with Gasteiger partial charge in [-0.15, -0.1) is 0 Å². The summed E-state index contributed by atoms with van der Waals surface area (Å²) in [5, 5.41) is 9.13. The van der Waals surface area contributed by atoms with E-state index in [0.717, 1.165) is 18.5 Å². The van der Waals surface area contributed by atoms with Gasteiger partial charge in [0, 0.05) is 42.6 Å². The first-order valence-electron chi connectivity index (χ1n) is 9.15. The fourth-order valence-corrected chi connectivity index (χ4v) is 3.33. The van der Waals surface area contributed by atoms with Crippen molar-refractivity contribution in [1.29, 1.82) is 5.26 Å². The molecule has 0 N–H and O–H groups in total. The standard InChI is InChI=1S/C21H19N5O2/c22-14-19-20(24-10-9-23-19)28-18-4-3-13-26(15-18)21(27)16-5-7-17(8-6-16)25-11-1-2-12-25/h1-2,5-12,18H,3-4,13,15H2. The van der Waals surface area contributed by atoms with Gasteiger partial charge in [0.1, 0.15) is 12.2 Å². The largest absolute Gasteiger partial charge is 0.470 e. The second-order valence-electron chi connectivity index (χ2n) is 6.59. The van der Waals surface area contributed by atoms with Crippen LogP contribution in [0.2, 0.25) is 0 Å². The van der Waals surface area contributed by atoms with Crippen LogP contribution in [0.1, 0.15) is 28.9 Å². The molecule has 0 bridgehead atoms. The smallest absolute Gasteiger partial charge is 0.253 e. The van der Waals surface area contributed by atoms with Gasteiger partial charge in [-0.25, -0.2) is 9.97 Å². The third kappa shape index (κ3) is 3.71. The van der Waals surface area contributed by atoms with Crippen LogP contribution in [0.25, 0.3) is 5.69 Å². The third-order valence-electron chi connectivity index (χ3n) is 4.73. The van der Waals surface area contributed by atoms with Gasteiger partial charge in [0.05, 0.1) is 6.54 Å². The number of benzene rings is 1. The quantitative estimate of drug-likeness (QED) is 0.702. The Bertz CT molecular complexity index is 992. The molecule has 28 heavy (non-hydrogen) atoms. The second-order valence-corrected chi connectivity index (χ2v) is 6.59. The lowest BCUT2D eigenvalue weighted by Gasteiger charge is -2.32. The summed E-state index contributed by atoms with van der Waals surface area (Å²) < 4.78 is 7.86. The summed E-state index contributed by atoms with van der Waals surface area (Å²) in [7, 11) is 0. The molecule has 0 saturated carbocycles. The lowest BCUT2D eigenvalue weighted by Crippen LogP contribution is -2.44. The van der Waals surface area contributed by atoms with Crippen LogP contribution >= 0.6 is 0 Å². The molecule has 1 unspecified atom stereocenters. The third-order valence-corrected chi connectivity index (χ3v) is 4.73. The number of amides is 1. The minimum absolute atomic E-state index is 0.0213. The number of nitrogens with zero attached hydrogens (tertiary/aromatic N) is 5. The molecule has 3 aromatic rings. The zero-order valence-electron chi connectivity index (χ0n) is 15.2. The molecule has 1 atom stereocenters. The Labute approximate surface area is 162 Å². The van der Waals surface area contributed by atoms with Crippen molar-refractivity contribution < 1.29 is 9.53 Å². The van der Waals surface area contributed by atoms with Gasteiger partial charge in [-0.2, -0.15) is 5.26 Å². The van der Waals surface area contributed by atoms with Crippen LogP contribution in [0.4, 0.5) is 0 Å². The average Bonchev–Trinajstić information content (AvgIpc) is 3.29. The number of aromatic nitrogens is 3. The number of ether oxygens (including phenoxy) is 1. The Kier molecular flexibility index (Phi) is 5.02. The highest BCUT2D eigenvalue weighted by molar-refractivity contribution is 5.94. The molecule has 4 rings (SSSR count). The van der Waals surface area contributed by atoms with E-state index in [2.05, 4.69) is 9.97 Å². The first-order valence-corrected chi connectivity index (χ1v) is 9.15. The minimum Gasteiger partial charge on any atom is -0.470 e. The maximum atomic E-state index is 12.9. The van der Waals surface area contributed by atoms with Crippen LogP contribution in [-0.2, 0) is 0 Å². The number of likely N-dealkylation sites (tertiary alicyclic amines) is 1. The highest BCUT2D eigenvalue weighted by atomic mass is 16.5. The number of hydrogen-bond donors (Lipinski definition) is 0. The Morgan fingerprint density at radius 3 is 2.64 bits per heavy atom. The fourth-order valence-electron chi connectivity index (χ4n) is 3.33. The molecule has 7 nitrogen and oxygen atoms in total. The van der Waals surface area contributed by atoms with Crippen molar-refractivity contribution in [2.45, 2.75) is 18.9 Å². The summed E-state index contributed by atoms with van der Waals surface area (Å²) in [6.07, 6.45) is 8.31. The molecular formula is C21H19N5O2. The first kappa shape index (κ1) is 17.7. The molecule has 2 aromatic heterocycles. The maximum absolute atomic E-state index is 12.9. The molecule has 0 spiro atoms. The average molecular weight is 373 g/mol. The SMILES string of the molecule is N#Cc1nccnc1OC1CCCN(C(=O)c2ccc(-n3cccc3)cc2)C1. The van der Waals surface area contributed by atoms with E-state index in [1.807, 2.05) is 59.4 Å². The molecule has 1 saturated heterocycles. The van der Waals surface area contributed by atoms with E-state index in [0.29, 0.717) is 18.7 Å². The van der Waals surface area contributed by atoms with Crippen molar-refractivity contribution in [3.05, 3.63) is 72.4 Å². The molecule has 140 valence electrons. The molecular weight excluding hydrogens is 354 g/mol. The number of piperidine rings is 1. The molecule has 1 fully saturated rings. The monoisotopic (exact) mass is 373 g/mol. The van der Waals surface area contributed by atoms with Gasteiger partial charge in [-0.3, -0.25) is 4.79 Å². The molecule has 1 aliphatic heterocycles. The van der Waals surface area contributed by atoms with Gasteiger partial charge in [-0.1, -0.05) is 0 Å². The van der Waals surface area contributed by atoms with E-state index < -0.39 is 0 Å². The van der Waals surface area contributed by atoms with Crippen LogP contribution in [0.5, 0.6) is 5.88 Å². The Hall–Kier alpha value is -3.66. The topological polar surface area (TPSA) is 84.0 Å². The lowest BCUT2D eigenvalue weighted by molar-refractivity contribution is 0.0526. The van der Waals surface area contributed by atoms with E-state index >= 15 is 0 Å². The molecule has 7 heteroatoms. The zero-order valence-corrected chi connectivity index (χ0v) is 15.2. The van der Waals surface area contributed by atoms with E-state index in [-0.39, 0.29) is 23.6 Å².